The molecule has 0 fully saturated rings. The Morgan fingerprint density at radius 1 is 1.06 bits per heavy atom. The summed E-state index contributed by atoms with van der Waals surface area (Å²) >= 11 is 1.37. The van der Waals surface area contributed by atoms with Crippen LogP contribution in [0.25, 0.3) is 11.0 Å². The van der Waals surface area contributed by atoms with E-state index in [9.17, 15) is 9.59 Å². The monoisotopic (exact) mass is 503 g/mol. The van der Waals surface area contributed by atoms with E-state index in [1.807, 2.05) is 24.3 Å². The number of anilines is 1. The summed E-state index contributed by atoms with van der Waals surface area (Å²) in [4.78, 5) is 28.9. The minimum Gasteiger partial charge on any atom is -0.494 e. The molecule has 1 unspecified atom stereocenters. The van der Waals surface area contributed by atoms with Gasteiger partial charge < -0.3 is 9.15 Å². The number of para-hydroxylation sites is 1. The van der Waals surface area contributed by atoms with Gasteiger partial charge in [0.2, 0.25) is 10.9 Å². The number of ether oxygens (including phenoxy) is 1. The zero-order chi connectivity index (χ0) is 25.2. The number of carbonyl (C=O) groups is 1. The van der Waals surface area contributed by atoms with Gasteiger partial charge in [0, 0.05) is 6.42 Å². The van der Waals surface area contributed by atoms with E-state index in [4.69, 9.17) is 9.15 Å². The lowest BCUT2D eigenvalue weighted by Crippen LogP contribution is -2.29. The van der Waals surface area contributed by atoms with Crippen molar-refractivity contribution in [3.05, 3.63) is 80.6 Å². The normalized spacial score (nSPS) is 15.2. The van der Waals surface area contributed by atoms with E-state index < -0.39 is 6.04 Å². The average molecular weight is 504 g/mol. The molecule has 7 nitrogen and oxygen atoms in total. The van der Waals surface area contributed by atoms with Gasteiger partial charge in [0.25, 0.3) is 5.91 Å². The molecule has 0 radical (unpaired) electrons. The molecule has 1 amide bonds. The van der Waals surface area contributed by atoms with Crippen molar-refractivity contribution >= 4 is 33.3 Å². The number of aromatic nitrogens is 2. The van der Waals surface area contributed by atoms with Crippen LogP contribution in [0.1, 0.15) is 72.8 Å². The third kappa shape index (κ3) is 4.53. The molecular formula is C28H29N3O4S. The van der Waals surface area contributed by atoms with Crippen molar-refractivity contribution in [2.24, 2.45) is 5.92 Å². The van der Waals surface area contributed by atoms with Crippen LogP contribution < -0.4 is 15.1 Å². The Kier molecular flexibility index (Phi) is 6.87. The molecule has 8 heteroatoms. The van der Waals surface area contributed by atoms with Crippen LogP contribution in [0.5, 0.6) is 5.75 Å². The molecule has 5 rings (SSSR count). The third-order valence-corrected chi connectivity index (χ3v) is 7.18. The second kappa shape index (κ2) is 10.2. The molecule has 0 saturated heterocycles. The predicted octanol–water partition coefficient (Wildman–Crippen LogP) is 6.16. The Labute approximate surface area is 213 Å². The average Bonchev–Trinajstić information content (AvgIpc) is 3.44. The summed E-state index contributed by atoms with van der Waals surface area (Å²) in [5, 5.41) is 10.4. The minimum atomic E-state index is -0.664. The highest BCUT2D eigenvalue weighted by atomic mass is 32.1. The highest BCUT2D eigenvalue weighted by molar-refractivity contribution is 7.15. The maximum absolute atomic E-state index is 13.7. The molecule has 0 aliphatic carbocycles. The first-order chi connectivity index (χ1) is 17.5. The van der Waals surface area contributed by atoms with E-state index in [2.05, 4.69) is 31.0 Å². The third-order valence-electron chi connectivity index (χ3n) is 6.24. The van der Waals surface area contributed by atoms with E-state index in [0.29, 0.717) is 34.2 Å². The molecule has 36 heavy (non-hydrogen) atoms. The number of unbranched alkanes of at least 4 members (excludes halogenated alkanes) is 2. The Bertz CT molecular complexity index is 1440. The number of hydrogen-bond acceptors (Lipinski definition) is 7. The molecule has 1 aliphatic heterocycles. The molecule has 0 spiro atoms. The first kappa shape index (κ1) is 24.2. The summed E-state index contributed by atoms with van der Waals surface area (Å²) < 4.78 is 11.9. The quantitative estimate of drug-likeness (QED) is 0.254. The largest absolute Gasteiger partial charge is 0.494 e. The smallest absolute Gasteiger partial charge is 0.297 e. The zero-order valence-corrected chi connectivity index (χ0v) is 21.5. The van der Waals surface area contributed by atoms with Crippen LogP contribution in [0.3, 0.4) is 0 Å². The van der Waals surface area contributed by atoms with E-state index in [0.717, 1.165) is 42.0 Å². The van der Waals surface area contributed by atoms with Crippen molar-refractivity contribution in [1.29, 1.82) is 0 Å². The van der Waals surface area contributed by atoms with Crippen molar-refractivity contribution in [1.82, 2.24) is 10.2 Å². The molecule has 0 bridgehead atoms. The number of rotatable bonds is 9. The van der Waals surface area contributed by atoms with Crippen LogP contribution in [0.4, 0.5) is 5.13 Å². The molecule has 2 aromatic carbocycles. The predicted molar refractivity (Wildman–Crippen MR) is 141 cm³/mol. The summed E-state index contributed by atoms with van der Waals surface area (Å²) in [6.45, 7) is 7.04. The molecule has 0 N–H and O–H groups in total. The summed E-state index contributed by atoms with van der Waals surface area (Å²) in [5.41, 5.74) is 1.30. The number of nitrogens with zero attached hydrogens (tertiary/aromatic N) is 3. The minimum absolute atomic E-state index is 0.0594. The fraction of sp³-hybridized carbons (Fsp3) is 0.357. The van der Waals surface area contributed by atoms with Gasteiger partial charge in [-0.1, -0.05) is 69.2 Å². The van der Waals surface area contributed by atoms with Crippen LogP contribution in [-0.4, -0.2) is 22.7 Å². The Morgan fingerprint density at radius 3 is 2.58 bits per heavy atom. The number of carbonyl (C=O) groups excluding carboxylic acids is 1. The lowest BCUT2D eigenvalue weighted by Gasteiger charge is -2.22. The molecule has 1 aliphatic rings. The zero-order valence-electron chi connectivity index (χ0n) is 20.7. The number of hydrogen-bond donors (Lipinski definition) is 0. The summed E-state index contributed by atoms with van der Waals surface area (Å²) in [6, 6.07) is 13.9. The van der Waals surface area contributed by atoms with Gasteiger partial charge in [0.1, 0.15) is 16.3 Å². The first-order valence-electron chi connectivity index (χ1n) is 12.4. The number of benzene rings is 2. The summed E-state index contributed by atoms with van der Waals surface area (Å²) in [5.74, 6) is 0.840. The fourth-order valence-corrected chi connectivity index (χ4v) is 5.57. The van der Waals surface area contributed by atoms with Gasteiger partial charge in [-0.05, 0) is 42.2 Å². The standard InChI is InChI=1S/C28H29N3O4S/c1-4-5-8-15-34-19-13-11-18(12-14-19)24-23-25(32)20-9-6-7-10-21(20)35-26(23)27(33)31(24)28-30-29-22(36-28)16-17(2)3/h6-7,9-14,17,24H,4-5,8,15-16H2,1-3H3. The van der Waals surface area contributed by atoms with Crippen molar-refractivity contribution in [3.8, 4) is 5.75 Å². The van der Waals surface area contributed by atoms with Gasteiger partial charge in [0.15, 0.2) is 5.43 Å². The lowest BCUT2D eigenvalue weighted by molar-refractivity contribution is 0.0970. The van der Waals surface area contributed by atoms with Gasteiger partial charge in [-0.25, -0.2) is 0 Å². The molecule has 186 valence electrons. The van der Waals surface area contributed by atoms with Gasteiger partial charge >= 0.3 is 0 Å². The van der Waals surface area contributed by atoms with Crippen LogP contribution >= 0.6 is 11.3 Å². The van der Waals surface area contributed by atoms with Gasteiger partial charge in [-0.3, -0.25) is 14.5 Å². The van der Waals surface area contributed by atoms with E-state index in [1.165, 1.54) is 11.3 Å². The van der Waals surface area contributed by atoms with E-state index in [-0.39, 0.29) is 17.1 Å². The molecule has 2 aromatic heterocycles. The number of amides is 1. The summed E-state index contributed by atoms with van der Waals surface area (Å²) in [6.07, 6.45) is 4.02. The first-order valence-corrected chi connectivity index (χ1v) is 13.2. The van der Waals surface area contributed by atoms with Crippen LogP contribution in [-0.2, 0) is 6.42 Å². The van der Waals surface area contributed by atoms with E-state index >= 15 is 0 Å². The molecule has 0 saturated carbocycles. The topological polar surface area (TPSA) is 85.5 Å². The molecule has 4 aromatic rings. The summed E-state index contributed by atoms with van der Waals surface area (Å²) in [7, 11) is 0. The maximum Gasteiger partial charge on any atom is 0.297 e. The SMILES string of the molecule is CCCCCOc1ccc(C2c3c(oc4ccccc4c3=O)C(=O)N2c2nnc(CC(C)C)s2)cc1. The van der Waals surface area contributed by atoms with Crippen LogP contribution in [0.2, 0.25) is 0 Å². The van der Waals surface area contributed by atoms with Crippen molar-refractivity contribution in [2.75, 3.05) is 11.5 Å². The van der Waals surface area contributed by atoms with E-state index in [1.54, 1.807) is 29.2 Å². The second-order valence-corrected chi connectivity index (χ2v) is 10.5. The van der Waals surface area contributed by atoms with Crippen molar-refractivity contribution in [3.63, 3.8) is 0 Å². The molecule has 3 heterocycles. The van der Waals surface area contributed by atoms with Crippen LogP contribution in [0.15, 0.2) is 57.7 Å². The Hall–Kier alpha value is -3.52. The Morgan fingerprint density at radius 2 is 1.83 bits per heavy atom. The maximum atomic E-state index is 13.7. The van der Waals surface area contributed by atoms with Gasteiger partial charge in [0.05, 0.1) is 23.6 Å². The molecular weight excluding hydrogens is 474 g/mol. The molecule has 1 atom stereocenters. The van der Waals surface area contributed by atoms with Crippen molar-refractivity contribution < 1.29 is 13.9 Å². The number of fused-ring (bicyclic) bond motifs is 2. The fourth-order valence-electron chi connectivity index (χ4n) is 4.49. The van der Waals surface area contributed by atoms with Crippen LogP contribution in [0, 0.1) is 5.92 Å². The van der Waals surface area contributed by atoms with Gasteiger partial charge in [-0.2, -0.15) is 0 Å². The lowest BCUT2D eigenvalue weighted by atomic mass is 9.98. The second-order valence-electron chi connectivity index (χ2n) is 9.45. The van der Waals surface area contributed by atoms with Gasteiger partial charge in [-0.15, -0.1) is 10.2 Å². The highest BCUT2D eigenvalue weighted by Gasteiger charge is 2.45. The van der Waals surface area contributed by atoms with Crippen molar-refractivity contribution in [2.45, 2.75) is 52.5 Å². The Balaban J connectivity index is 1.58. The highest BCUT2D eigenvalue weighted by Crippen LogP contribution is 2.42.